The van der Waals surface area contributed by atoms with Crippen LogP contribution in [0.1, 0.15) is 33.1 Å². The summed E-state index contributed by atoms with van der Waals surface area (Å²) in [5, 5.41) is 8.64. The van der Waals surface area contributed by atoms with E-state index in [1.165, 1.54) is 6.08 Å². The van der Waals surface area contributed by atoms with Crippen LogP contribution in [-0.2, 0) is 4.79 Å². The second-order valence-corrected chi connectivity index (χ2v) is 7.38. The van der Waals surface area contributed by atoms with Crippen molar-refractivity contribution in [3.05, 3.63) is 73.2 Å². The van der Waals surface area contributed by atoms with Crippen molar-refractivity contribution in [1.29, 1.82) is 0 Å². The zero-order valence-electron chi connectivity index (χ0n) is 18.8. The Bertz CT molecular complexity index is 1090. The summed E-state index contributed by atoms with van der Waals surface area (Å²) in [5.41, 5.74) is 1.85. The number of nitrogens with zero attached hydrogens (tertiary/aromatic N) is 2. The van der Waals surface area contributed by atoms with Gasteiger partial charge < -0.3 is 20.7 Å². The molecule has 0 saturated heterocycles. The van der Waals surface area contributed by atoms with Crippen LogP contribution in [0.3, 0.4) is 0 Å². The first-order valence-electron chi connectivity index (χ1n) is 10.9. The second kappa shape index (κ2) is 11.6. The minimum atomic E-state index is -0.605. The third-order valence-electron chi connectivity index (χ3n) is 4.80. The third kappa shape index (κ3) is 7.03. The highest BCUT2D eigenvalue weighted by molar-refractivity contribution is 5.99. The van der Waals surface area contributed by atoms with Crippen molar-refractivity contribution >= 4 is 34.7 Å². The van der Waals surface area contributed by atoms with E-state index in [1.807, 2.05) is 24.3 Å². The molecular formula is C25H28FN5O2. The Morgan fingerprint density at radius 3 is 2.58 bits per heavy atom. The van der Waals surface area contributed by atoms with Crippen LogP contribution < -0.4 is 20.7 Å². The van der Waals surface area contributed by atoms with Gasteiger partial charge in [0.25, 0.3) is 0 Å². The Hall–Kier alpha value is -3.94. The van der Waals surface area contributed by atoms with Gasteiger partial charge in [-0.2, -0.15) is 4.98 Å². The number of carbonyl (C=O) groups excluding carboxylic acids is 1. The summed E-state index contributed by atoms with van der Waals surface area (Å²) in [4.78, 5) is 19.7. The molecule has 1 atom stereocenters. The molecule has 1 aromatic heterocycles. The number of aromatic nitrogens is 2. The summed E-state index contributed by atoms with van der Waals surface area (Å²) in [5.74, 6) is 0.1000. The summed E-state index contributed by atoms with van der Waals surface area (Å²) in [6.45, 7) is 7.68. The normalized spacial score (nSPS) is 11.4. The van der Waals surface area contributed by atoms with Crippen LogP contribution in [0.2, 0.25) is 0 Å². The van der Waals surface area contributed by atoms with Crippen LogP contribution in [-0.4, -0.2) is 22.0 Å². The molecule has 0 aliphatic heterocycles. The van der Waals surface area contributed by atoms with Gasteiger partial charge in [0.15, 0.2) is 11.6 Å². The average Bonchev–Trinajstić information content (AvgIpc) is 2.82. The lowest BCUT2D eigenvalue weighted by Gasteiger charge is -2.17. The number of rotatable bonds is 11. The zero-order chi connectivity index (χ0) is 23.6. The number of carbonyl (C=O) groups is 1. The van der Waals surface area contributed by atoms with E-state index >= 15 is 0 Å². The predicted molar refractivity (Wildman–Crippen MR) is 130 cm³/mol. The zero-order valence-corrected chi connectivity index (χ0v) is 18.8. The van der Waals surface area contributed by atoms with Crippen molar-refractivity contribution in [3.8, 4) is 5.75 Å². The number of ether oxygens (including phenoxy) is 1. The molecule has 0 saturated carbocycles. The monoisotopic (exact) mass is 449 g/mol. The quantitative estimate of drug-likeness (QED) is 0.303. The lowest BCUT2D eigenvalue weighted by Crippen LogP contribution is -2.14. The van der Waals surface area contributed by atoms with Crippen molar-refractivity contribution in [1.82, 2.24) is 9.97 Å². The Morgan fingerprint density at radius 2 is 1.88 bits per heavy atom. The van der Waals surface area contributed by atoms with Gasteiger partial charge in [-0.15, -0.1) is 0 Å². The Labute approximate surface area is 193 Å². The summed E-state index contributed by atoms with van der Waals surface area (Å²) in [7, 11) is 0. The minimum absolute atomic E-state index is 0.00463. The Morgan fingerprint density at radius 1 is 1.12 bits per heavy atom. The van der Waals surface area contributed by atoms with Crippen LogP contribution in [0.5, 0.6) is 5.75 Å². The van der Waals surface area contributed by atoms with Gasteiger partial charge in [0.1, 0.15) is 5.75 Å². The van der Waals surface area contributed by atoms with Crippen molar-refractivity contribution in [2.45, 2.75) is 39.2 Å². The molecule has 33 heavy (non-hydrogen) atoms. The summed E-state index contributed by atoms with van der Waals surface area (Å²) < 4.78 is 20.3. The summed E-state index contributed by atoms with van der Waals surface area (Å²) >= 11 is 0. The van der Waals surface area contributed by atoms with Gasteiger partial charge in [0.05, 0.1) is 12.3 Å². The standard InChI is InChI=1S/C25H28FN5O2/c1-4-8-20(5-2)33-21-13-11-17(12-14-21)30-25-27-16-22(26)24(31-25)29-19-10-7-9-18(15-19)28-23(32)6-3/h6-7,9-16,20H,3-5,8H2,1-2H3,(H,28,32)(H2,27,29,30,31). The number of nitrogens with one attached hydrogen (secondary N) is 3. The van der Waals surface area contributed by atoms with Crippen LogP contribution >= 0.6 is 0 Å². The predicted octanol–water partition coefficient (Wildman–Crippen LogP) is 6.18. The highest BCUT2D eigenvalue weighted by atomic mass is 19.1. The molecule has 1 heterocycles. The fourth-order valence-corrected chi connectivity index (χ4v) is 3.13. The van der Waals surface area contributed by atoms with E-state index in [9.17, 15) is 9.18 Å². The van der Waals surface area contributed by atoms with Gasteiger partial charge in [-0.3, -0.25) is 4.79 Å². The number of halogens is 1. The second-order valence-electron chi connectivity index (χ2n) is 7.38. The third-order valence-corrected chi connectivity index (χ3v) is 4.80. The molecule has 0 aliphatic rings. The summed E-state index contributed by atoms with van der Waals surface area (Å²) in [6.07, 6.45) is 5.51. The maximum absolute atomic E-state index is 14.3. The maximum Gasteiger partial charge on any atom is 0.247 e. The fraction of sp³-hybridized carbons (Fsp3) is 0.240. The Kier molecular flexibility index (Phi) is 8.35. The van der Waals surface area contributed by atoms with Gasteiger partial charge in [0, 0.05) is 17.1 Å². The molecule has 0 fully saturated rings. The van der Waals surface area contributed by atoms with Crippen molar-refractivity contribution in [2.75, 3.05) is 16.0 Å². The lowest BCUT2D eigenvalue weighted by atomic mass is 10.1. The molecule has 1 unspecified atom stereocenters. The Balaban J connectivity index is 1.68. The molecule has 0 spiro atoms. The molecular weight excluding hydrogens is 421 g/mol. The van der Waals surface area contributed by atoms with Gasteiger partial charge >= 0.3 is 0 Å². The molecule has 0 aliphatic carbocycles. The van der Waals surface area contributed by atoms with Gasteiger partial charge in [0.2, 0.25) is 11.9 Å². The van der Waals surface area contributed by atoms with Crippen molar-refractivity contribution in [2.24, 2.45) is 0 Å². The number of hydrogen-bond acceptors (Lipinski definition) is 6. The highest BCUT2D eigenvalue weighted by Crippen LogP contribution is 2.24. The van der Waals surface area contributed by atoms with Crippen LogP contribution in [0, 0.1) is 5.82 Å². The first-order chi connectivity index (χ1) is 16.0. The van der Waals surface area contributed by atoms with E-state index in [-0.39, 0.29) is 23.8 Å². The van der Waals surface area contributed by atoms with E-state index in [1.54, 1.807) is 24.3 Å². The van der Waals surface area contributed by atoms with E-state index in [4.69, 9.17) is 4.74 Å². The molecule has 0 radical (unpaired) electrons. The molecule has 2 aromatic carbocycles. The molecule has 3 aromatic rings. The topological polar surface area (TPSA) is 88.2 Å². The highest BCUT2D eigenvalue weighted by Gasteiger charge is 2.10. The summed E-state index contributed by atoms with van der Waals surface area (Å²) in [6, 6.07) is 14.3. The number of amides is 1. The van der Waals surface area contributed by atoms with Gasteiger partial charge in [-0.05, 0) is 61.4 Å². The largest absolute Gasteiger partial charge is 0.490 e. The van der Waals surface area contributed by atoms with E-state index in [0.717, 1.165) is 36.9 Å². The van der Waals surface area contributed by atoms with Gasteiger partial charge in [-0.1, -0.05) is 32.9 Å². The average molecular weight is 450 g/mol. The van der Waals surface area contributed by atoms with Crippen molar-refractivity contribution in [3.63, 3.8) is 0 Å². The molecule has 8 heteroatoms. The van der Waals surface area contributed by atoms with Crippen LogP contribution in [0.25, 0.3) is 0 Å². The molecule has 3 rings (SSSR count). The maximum atomic E-state index is 14.3. The molecule has 7 nitrogen and oxygen atoms in total. The van der Waals surface area contributed by atoms with E-state index < -0.39 is 5.82 Å². The van der Waals surface area contributed by atoms with E-state index in [2.05, 4.69) is 46.3 Å². The van der Waals surface area contributed by atoms with Crippen LogP contribution in [0.15, 0.2) is 67.4 Å². The first kappa shape index (κ1) is 23.7. The number of hydrogen-bond donors (Lipinski definition) is 3. The molecule has 3 N–H and O–H groups in total. The van der Waals surface area contributed by atoms with Gasteiger partial charge in [-0.25, -0.2) is 9.37 Å². The lowest BCUT2D eigenvalue weighted by molar-refractivity contribution is -0.111. The first-order valence-corrected chi connectivity index (χ1v) is 10.9. The van der Waals surface area contributed by atoms with E-state index in [0.29, 0.717) is 11.4 Å². The molecule has 172 valence electrons. The number of anilines is 5. The number of benzene rings is 2. The minimum Gasteiger partial charge on any atom is -0.490 e. The fourth-order valence-electron chi connectivity index (χ4n) is 3.13. The molecule has 0 bridgehead atoms. The van der Waals surface area contributed by atoms with Crippen LogP contribution in [0.4, 0.5) is 33.2 Å². The SMILES string of the molecule is C=CC(=O)Nc1cccc(Nc2nc(Nc3ccc(OC(CC)CCC)cc3)ncc2F)c1. The van der Waals surface area contributed by atoms with Crippen molar-refractivity contribution < 1.29 is 13.9 Å². The molecule has 1 amide bonds. The smallest absolute Gasteiger partial charge is 0.247 e.